The monoisotopic (exact) mass is 392 g/mol. The molecular weight excluding hydrogens is 367 g/mol. The Morgan fingerprint density at radius 3 is 2.22 bits per heavy atom. The van der Waals surface area contributed by atoms with E-state index in [0.29, 0.717) is 5.69 Å². The van der Waals surface area contributed by atoms with Crippen molar-refractivity contribution in [2.75, 3.05) is 17.1 Å². The number of anilines is 1. The third-order valence-corrected chi connectivity index (χ3v) is 5.39. The van der Waals surface area contributed by atoms with E-state index < -0.39 is 15.9 Å². The third-order valence-electron chi connectivity index (χ3n) is 4.26. The van der Waals surface area contributed by atoms with Crippen molar-refractivity contribution >= 4 is 21.6 Å². The molecule has 5 nitrogen and oxygen atoms in total. The molecule has 0 fully saturated rings. The van der Waals surface area contributed by atoms with E-state index in [-0.39, 0.29) is 24.3 Å². The van der Waals surface area contributed by atoms with Crippen molar-refractivity contribution in [1.29, 1.82) is 0 Å². The number of hydrogen-bond acceptors (Lipinski definition) is 3. The summed E-state index contributed by atoms with van der Waals surface area (Å²) in [4.78, 5) is 12.5. The van der Waals surface area contributed by atoms with Crippen LogP contribution in [0, 0.1) is 5.82 Å². The second-order valence-corrected chi connectivity index (χ2v) is 8.73. The highest BCUT2D eigenvalue weighted by Gasteiger charge is 2.24. The van der Waals surface area contributed by atoms with Crippen LogP contribution < -0.4 is 9.62 Å². The highest BCUT2D eigenvalue weighted by atomic mass is 32.2. The molecule has 146 valence electrons. The number of hydrogen-bond donors (Lipinski definition) is 1. The SMILES string of the molecule is CC(C)c1ccccc1N(CC(=O)N[C@H](C)c1ccc(F)cc1)S(C)(=O)=O. The number of nitrogens with one attached hydrogen (secondary N) is 1. The first-order valence-corrected chi connectivity index (χ1v) is 10.6. The lowest BCUT2D eigenvalue weighted by molar-refractivity contribution is -0.120. The predicted octanol–water partition coefficient (Wildman–Crippen LogP) is 3.59. The number of benzene rings is 2. The normalized spacial score (nSPS) is 12.7. The Labute approximate surface area is 160 Å². The highest BCUT2D eigenvalue weighted by Crippen LogP contribution is 2.28. The van der Waals surface area contributed by atoms with Crippen LogP contribution >= 0.6 is 0 Å². The zero-order chi connectivity index (χ0) is 20.2. The summed E-state index contributed by atoms with van der Waals surface area (Å²) in [6, 6.07) is 12.6. The van der Waals surface area contributed by atoms with Crippen LogP contribution in [0.25, 0.3) is 0 Å². The van der Waals surface area contributed by atoms with Crippen LogP contribution in [0.4, 0.5) is 10.1 Å². The van der Waals surface area contributed by atoms with Crippen LogP contribution in [-0.4, -0.2) is 27.1 Å². The molecule has 1 amide bonds. The molecule has 0 radical (unpaired) electrons. The van der Waals surface area contributed by atoms with E-state index in [1.165, 1.54) is 12.1 Å². The molecule has 1 atom stereocenters. The average Bonchev–Trinajstić information content (AvgIpc) is 2.59. The zero-order valence-corrected chi connectivity index (χ0v) is 16.8. The summed E-state index contributed by atoms with van der Waals surface area (Å²) in [5, 5.41) is 2.77. The molecule has 2 aromatic carbocycles. The van der Waals surface area contributed by atoms with Gasteiger partial charge in [0.05, 0.1) is 18.0 Å². The van der Waals surface area contributed by atoms with Gasteiger partial charge in [0, 0.05) is 0 Å². The van der Waals surface area contributed by atoms with Gasteiger partial charge in [-0.2, -0.15) is 0 Å². The number of nitrogens with zero attached hydrogens (tertiary/aromatic N) is 1. The van der Waals surface area contributed by atoms with Crippen LogP contribution in [-0.2, 0) is 14.8 Å². The molecule has 0 bridgehead atoms. The Hall–Kier alpha value is -2.41. The van der Waals surface area contributed by atoms with Gasteiger partial charge in [-0.25, -0.2) is 12.8 Å². The van der Waals surface area contributed by atoms with E-state index in [1.54, 1.807) is 31.2 Å². The zero-order valence-electron chi connectivity index (χ0n) is 15.9. The standard InChI is InChI=1S/C20H25FN2O3S/c1-14(2)18-7-5-6-8-19(18)23(27(4,25)26)13-20(24)22-15(3)16-9-11-17(21)12-10-16/h5-12,14-15H,13H2,1-4H3,(H,22,24)/t15-/m1/s1. The lowest BCUT2D eigenvalue weighted by atomic mass is 10.0. The first-order valence-electron chi connectivity index (χ1n) is 8.71. The molecule has 0 spiro atoms. The Kier molecular flexibility index (Phi) is 6.59. The van der Waals surface area contributed by atoms with E-state index in [4.69, 9.17) is 0 Å². The molecule has 0 saturated carbocycles. The van der Waals surface area contributed by atoms with Crippen LogP contribution in [0.15, 0.2) is 48.5 Å². The van der Waals surface area contributed by atoms with Gasteiger partial charge in [-0.15, -0.1) is 0 Å². The topological polar surface area (TPSA) is 66.5 Å². The number of para-hydroxylation sites is 1. The minimum atomic E-state index is -3.65. The first-order chi connectivity index (χ1) is 12.6. The van der Waals surface area contributed by atoms with Gasteiger partial charge in [0.2, 0.25) is 15.9 Å². The van der Waals surface area contributed by atoms with Gasteiger partial charge in [0.15, 0.2) is 0 Å². The second-order valence-electron chi connectivity index (χ2n) is 6.82. The lowest BCUT2D eigenvalue weighted by Gasteiger charge is -2.26. The fourth-order valence-electron chi connectivity index (χ4n) is 2.84. The maximum absolute atomic E-state index is 13.0. The van der Waals surface area contributed by atoms with E-state index >= 15 is 0 Å². The molecule has 0 unspecified atom stereocenters. The average molecular weight is 392 g/mol. The predicted molar refractivity (Wildman–Crippen MR) is 106 cm³/mol. The Bertz CT molecular complexity index is 896. The van der Waals surface area contributed by atoms with Gasteiger partial charge in [-0.1, -0.05) is 44.2 Å². The van der Waals surface area contributed by atoms with Gasteiger partial charge >= 0.3 is 0 Å². The van der Waals surface area contributed by atoms with E-state index in [9.17, 15) is 17.6 Å². The summed E-state index contributed by atoms with van der Waals surface area (Å²) in [5.41, 5.74) is 2.08. The maximum Gasteiger partial charge on any atom is 0.241 e. The van der Waals surface area contributed by atoms with Crippen molar-refractivity contribution in [3.63, 3.8) is 0 Å². The van der Waals surface area contributed by atoms with Crippen molar-refractivity contribution < 1.29 is 17.6 Å². The molecule has 0 aliphatic rings. The smallest absolute Gasteiger partial charge is 0.241 e. The van der Waals surface area contributed by atoms with Crippen molar-refractivity contribution in [2.45, 2.75) is 32.7 Å². The van der Waals surface area contributed by atoms with Crippen LogP contribution in [0.5, 0.6) is 0 Å². The van der Waals surface area contributed by atoms with Crippen LogP contribution in [0.1, 0.15) is 43.9 Å². The van der Waals surface area contributed by atoms with E-state index in [1.807, 2.05) is 26.0 Å². The molecule has 1 N–H and O–H groups in total. The van der Waals surface area contributed by atoms with Crippen LogP contribution in [0.2, 0.25) is 0 Å². The minimum absolute atomic E-state index is 0.103. The molecule has 0 aliphatic carbocycles. The fraction of sp³-hybridized carbons (Fsp3) is 0.350. The highest BCUT2D eigenvalue weighted by molar-refractivity contribution is 7.92. The summed E-state index contributed by atoms with van der Waals surface area (Å²) < 4.78 is 38.8. The fourth-order valence-corrected chi connectivity index (χ4v) is 3.71. The molecule has 0 heterocycles. The quantitative estimate of drug-likeness (QED) is 0.783. The minimum Gasteiger partial charge on any atom is -0.348 e. The molecule has 2 rings (SSSR count). The number of halogens is 1. The van der Waals surface area contributed by atoms with Crippen LogP contribution in [0.3, 0.4) is 0 Å². The van der Waals surface area contributed by atoms with Gasteiger partial charge in [0.1, 0.15) is 12.4 Å². The van der Waals surface area contributed by atoms with Crippen molar-refractivity contribution in [2.24, 2.45) is 0 Å². The third kappa shape index (κ3) is 5.53. The van der Waals surface area contributed by atoms with E-state index in [0.717, 1.165) is 21.7 Å². The largest absolute Gasteiger partial charge is 0.348 e. The summed E-state index contributed by atoms with van der Waals surface area (Å²) in [7, 11) is -3.65. The number of carbonyl (C=O) groups excluding carboxylic acids is 1. The molecule has 27 heavy (non-hydrogen) atoms. The molecule has 0 aliphatic heterocycles. The lowest BCUT2D eigenvalue weighted by Crippen LogP contribution is -2.41. The second kappa shape index (κ2) is 8.52. The first kappa shape index (κ1) is 20.9. The summed E-state index contributed by atoms with van der Waals surface area (Å²) in [6.45, 7) is 5.37. The number of amides is 1. The van der Waals surface area contributed by atoms with Crippen molar-refractivity contribution in [1.82, 2.24) is 5.32 Å². The van der Waals surface area contributed by atoms with Gasteiger partial charge in [-0.05, 0) is 42.2 Å². The van der Waals surface area contributed by atoms with Gasteiger partial charge < -0.3 is 5.32 Å². The number of sulfonamides is 1. The Balaban J connectivity index is 2.22. The number of carbonyl (C=O) groups is 1. The maximum atomic E-state index is 13.0. The van der Waals surface area contributed by atoms with Gasteiger partial charge in [0.25, 0.3) is 0 Å². The summed E-state index contributed by atoms with van der Waals surface area (Å²) in [6.07, 6.45) is 1.08. The molecule has 2 aromatic rings. The Morgan fingerprint density at radius 2 is 1.67 bits per heavy atom. The van der Waals surface area contributed by atoms with Gasteiger partial charge in [-0.3, -0.25) is 9.10 Å². The van der Waals surface area contributed by atoms with Crippen molar-refractivity contribution in [3.05, 3.63) is 65.5 Å². The van der Waals surface area contributed by atoms with Crippen molar-refractivity contribution in [3.8, 4) is 0 Å². The Morgan fingerprint density at radius 1 is 1.07 bits per heavy atom. The molecule has 0 saturated heterocycles. The molecule has 0 aromatic heterocycles. The molecular formula is C20H25FN2O3S. The van der Waals surface area contributed by atoms with E-state index in [2.05, 4.69) is 5.32 Å². The summed E-state index contributed by atoms with van der Waals surface area (Å²) >= 11 is 0. The summed E-state index contributed by atoms with van der Waals surface area (Å²) in [5.74, 6) is -0.687. The molecule has 7 heteroatoms. The number of rotatable bonds is 7.